The Labute approximate surface area is 235 Å². The molecule has 2 aromatic heterocycles. The summed E-state index contributed by atoms with van der Waals surface area (Å²) in [7, 11) is 0. The number of piperidine rings is 1. The van der Waals surface area contributed by atoms with E-state index in [0.717, 1.165) is 60.4 Å². The van der Waals surface area contributed by atoms with Crippen LogP contribution in [-0.2, 0) is 15.9 Å². The van der Waals surface area contributed by atoms with Crippen LogP contribution in [0.1, 0.15) is 43.4 Å². The molecule has 0 amide bonds. The van der Waals surface area contributed by atoms with Crippen LogP contribution < -0.4 is 9.64 Å². The molecule has 2 aromatic carbocycles. The summed E-state index contributed by atoms with van der Waals surface area (Å²) in [4.78, 5) is 7.55. The molecule has 0 unspecified atom stereocenters. The van der Waals surface area contributed by atoms with Crippen LogP contribution in [0.4, 0.5) is 10.2 Å². The van der Waals surface area contributed by atoms with Gasteiger partial charge >= 0.3 is 0 Å². The number of pyridine rings is 1. The summed E-state index contributed by atoms with van der Waals surface area (Å²) in [5, 5.41) is 0. The van der Waals surface area contributed by atoms with E-state index in [1.165, 1.54) is 16.9 Å². The molecule has 40 heavy (non-hydrogen) atoms. The number of halogens is 1. The third-order valence-corrected chi connectivity index (χ3v) is 8.34. The average molecular weight is 544 g/mol. The minimum atomic E-state index is -0.304. The molecule has 3 aliphatic heterocycles. The number of aryl methyl sites for hydroxylation is 2. The molecule has 6 nitrogen and oxygen atoms in total. The number of nitrogens with zero attached hydrogens (tertiary/aromatic N) is 3. The Hall–Kier alpha value is -3.42. The summed E-state index contributed by atoms with van der Waals surface area (Å²) >= 11 is 0. The highest BCUT2D eigenvalue weighted by Gasteiger charge is 2.32. The van der Waals surface area contributed by atoms with Gasteiger partial charge in [0.1, 0.15) is 29.6 Å². The van der Waals surface area contributed by atoms with Crippen LogP contribution in [0.15, 0.2) is 48.7 Å². The van der Waals surface area contributed by atoms with Crippen molar-refractivity contribution in [1.29, 1.82) is 0 Å². The minimum absolute atomic E-state index is 0.180. The van der Waals surface area contributed by atoms with Gasteiger partial charge in [-0.1, -0.05) is 25.1 Å². The molecule has 1 fully saturated rings. The lowest BCUT2D eigenvalue weighted by Crippen LogP contribution is -2.45. The molecule has 0 saturated carbocycles. The summed E-state index contributed by atoms with van der Waals surface area (Å²) in [6.45, 7) is 12.1. The summed E-state index contributed by atoms with van der Waals surface area (Å²) in [5.41, 5.74) is 7.15. The SMILES string of the molecule is CCc1c(C)cc2nc3cn2c1N1CCC(C)(CC1)OCCOCCOc1cc(C)cc(F)c1-c1cccc-3c1. The van der Waals surface area contributed by atoms with E-state index in [1.807, 2.05) is 37.3 Å². The predicted octanol–water partition coefficient (Wildman–Crippen LogP) is 6.77. The van der Waals surface area contributed by atoms with Crippen molar-refractivity contribution >= 4 is 11.5 Å². The molecule has 0 spiro atoms. The monoisotopic (exact) mass is 543 g/mol. The number of aromatic nitrogens is 2. The van der Waals surface area contributed by atoms with Gasteiger partial charge in [0, 0.05) is 24.8 Å². The highest BCUT2D eigenvalue weighted by atomic mass is 19.1. The van der Waals surface area contributed by atoms with Crippen molar-refractivity contribution in [2.45, 2.75) is 52.6 Å². The van der Waals surface area contributed by atoms with Crippen LogP contribution >= 0.6 is 0 Å². The van der Waals surface area contributed by atoms with E-state index in [2.05, 4.69) is 42.3 Å². The van der Waals surface area contributed by atoms with E-state index >= 15 is 4.39 Å². The Kier molecular flexibility index (Phi) is 7.27. The van der Waals surface area contributed by atoms with E-state index in [0.29, 0.717) is 37.7 Å². The smallest absolute Gasteiger partial charge is 0.139 e. The lowest BCUT2D eigenvalue weighted by molar-refractivity contribution is -0.0708. The molecule has 3 aliphatic rings. The molecule has 6 bridgehead atoms. The molecule has 4 aromatic rings. The zero-order valence-corrected chi connectivity index (χ0v) is 23.9. The van der Waals surface area contributed by atoms with Crippen molar-refractivity contribution in [3.63, 3.8) is 0 Å². The van der Waals surface area contributed by atoms with Crippen LogP contribution in [0.5, 0.6) is 5.75 Å². The van der Waals surface area contributed by atoms with Gasteiger partial charge in [0.05, 0.1) is 36.7 Å². The van der Waals surface area contributed by atoms with Crippen molar-refractivity contribution < 1.29 is 18.6 Å². The number of fused-ring (bicyclic) bond motifs is 8. The Bertz CT molecular complexity index is 1540. The van der Waals surface area contributed by atoms with Gasteiger partial charge in [-0.15, -0.1) is 0 Å². The maximum Gasteiger partial charge on any atom is 0.139 e. The van der Waals surface area contributed by atoms with Crippen LogP contribution in [0.2, 0.25) is 0 Å². The van der Waals surface area contributed by atoms with Gasteiger partial charge in [0.25, 0.3) is 0 Å². The lowest BCUT2D eigenvalue weighted by Gasteiger charge is -2.41. The third-order valence-electron chi connectivity index (χ3n) is 8.34. The molecular weight excluding hydrogens is 505 g/mol. The summed E-state index contributed by atoms with van der Waals surface area (Å²) in [6, 6.07) is 13.5. The number of anilines is 1. The van der Waals surface area contributed by atoms with Crippen molar-refractivity contribution in [2.24, 2.45) is 0 Å². The first-order valence-electron chi connectivity index (χ1n) is 14.4. The number of hydrogen-bond donors (Lipinski definition) is 0. The highest BCUT2D eigenvalue weighted by Crippen LogP contribution is 2.38. The largest absolute Gasteiger partial charge is 0.490 e. The topological polar surface area (TPSA) is 48.2 Å². The fraction of sp³-hybridized carbons (Fsp3) is 0.424. The Morgan fingerprint density at radius 3 is 2.55 bits per heavy atom. The van der Waals surface area contributed by atoms with Crippen molar-refractivity contribution in [3.8, 4) is 28.1 Å². The van der Waals surface area contributed by atoms with Gasteiger partial charge in [-0.05, 0) is 86.6 Å². The molecule has 0 aliphatic carbocycles. The maximum atomic E-state index is 15.4. The van der Waals surface area contributed by atoms with Gasteiger partial charge in [0.2, 0.25) is 0 Å². The van der Waals surface area contributed by atoms with Crippen LogP contribution in [0, 0.1) is 19.7 Å². The van der Waals surface area contributed by atoms with E-state index in [-0.39, 0.29) is 11.4 Å². The fourth-order valence-electron chi connectivity index (χ4n) is 6.12. The Morgan fingerprint density at radius 1 is 0.975 bits per heavy atom. The summed E-state index contributed by atoms with van der Waals surface area (Å²) in [5.74, 6) is 1.43. The molecule has 0 N–H and O–H groups in total. The maximum absolute atomic E-state index is 15.4. The minimum Gasteiger partial charge on any atom is -0.490 e. The first-order valence-corrected chi connectivity index (χ1v) is 14.4. The fourth-order valence-corrected chi connectivity index (χ4v) is 6.12. The van der Waals surface area contributed by atoms with Gasteiger partial charge in [-0.3, -0.25) is 4.40 Å². The summed E-state index contributed by atoms with van der Waals surface area (Å²) in [6.07, 6.45) is 4.96. The second-order valence-electron chi connectivity index (χ2n) is 11.3. The van der Waals surface area contributed by atoms with Crippen LogP contribution in [-0.4, -0.2) is 54.5 Å². The zero-order valence-electron chi connectivity index (χ0n) is 23.9. The number of ether oxygens (including phenoxy) is 3. The van der Waals surface area contributed by atoms with Crippen LogP contribution in [0.25, 0.3) is 28.0 Å². The van der Waals surface area contributed by atoms with Gasteiger partial charge < -0.3 is 19.1 Å². The first-order chi connectivity index (χ1) is 19.3. The van der Waals surface area contributed by atoms with Gasteiger partial charge in [-0.2, -0.15) is 0 Å². The summed E-state index contributed by atoms with van der Waals surface area (Å²) < 4.78 is 35.9. The Balaban J connectivity index is 1.49. The standard InChI is InChI=1S/C33H38FN3O3/c1-5-26-23(3)19-30-35-28-21-37(30)32(26)36-11-9-33(4,10-12-36)40-16-14-38-13-15-39-29-18-22(2)17-27(34)31(29)25-8-6-7-24(28)20-25/h6-8,17-21H,5,9-16H2,1-4H3. The number of benzene rings is 2. The second kappa shape index (κ2) is 10.9. The van der Waals surface area contributed by atoms with Crippen molar-refractivity contribution in [3.05, 3.63) is 71.2 Å². The molecule has 5 heterocycles. The number of hydrogen-bond acceptors (Lipinski definition) is 5. The number of imidazole rings is 1. The van der Waals surface area contributed by atoms with Gasteiger partial charge in [-0.25, -0.2) is 9.37 Å². The second-order valence-corrected chi connectivity index (χ2v) is 11.3. The third kappa shape index (κ3) is 5.08. The Morgan fingerprint density at radius 2 is 1.75 bits per heavy atom. The molecule has 7 heteroatoms. The van der Waals surface area contributed by atoms with E-state index in [4.69, 9.17) is 19.2 Å². The average Bonchev–Trinajstić information content (AvgIpc) is 3.35. The molecule has 1 saturated heterocycles. The van der Waals surface area contributed by atoms with E-state index in [9.17, 15) is 0 Å². The molecule has 7 rings (SSSR count). The van der Waals surface area contributed by atoms with E-state index < -0.39 is 0 Å². The zero-order chi connectivity index (χ0) is 27.9. The first kappa shape index (κ1) is 26.8. The van der Waals surface area contributed by atoms with Gasteiger partial charge in [0.15, 0.2) is 0 Å². The van der Waals surface area contributed by atoms with E-state index in [1.54, 1.807) is 6.07 Å². The van der Waals surface area contributed by atoms with Crippen LogP contribution in [0.3, 0.4) is 0 Å². The molecule has 0 atom stereocenters. The van der Waals surface area contributed by atoms with Crippen molar-refractivity contribution in [1.82, 2.24) is 9.38 Å². The number of rotatable bonds is 1. The molecular formula is C33H38FN3O3. The highest BCUT2D eigenvalue weighted by molar-refractivity contribution is 5.77. The van der Waals surface area contributed by atoms with Crippen molar-refractivity contribution in [2.75, 3.05) is 44.4 Å². The normalized spacial score (nSPS) is 17.6. The molecule has 210 valence electrons. The lowest BCUT2D eigenvalue weighted by atomic mass is 9.92. The predicted molar refractivity (Wildman–Crippen MR) is 157 cm³/mol. The quantitative estimate of drug-likeness (QED) is 0.248. The molecule has 0 radical (unpaired) electrons.